The van der Waals surface area contributed by atoms with Crippen LogP contribution < -0.4 is 5.32 Å². The molecule has 1 fully saturated rings. The van der Waals surface area contributed by atoms with Gasteiger partial charge in [0.2, 0.25) is 0 Å². The van der Waals surface area contributed by atoms with E-state index < -0.39 is 0 Å². The minimum absolute atomic E-state index is 0.0469. The van der Waals surface area contributed by atoms with Crippen LogP contribution >= 0.6 is 0 Å². The van der Waals surface area contributed by atoms with Crippen molar-refractivity contribution in [3.05, 3.63) is 53.4 Å². The third-order valence-electron chi connectivity index (χ3n) is 4.56. The maximum absolute atomic E-state index is 12.2. The van der Waals surface area contributed by atoms with Crippen LogP contribution in [0, 0.1) is 12.8 Å². The molecule has 3 rings (SSSR count). The van der Waals surface area contributed by atoms with E-state index in [4.69, 9.17) is 0 Å². The molecule has 3 heterocycles. The van der Waals surface area contributed by atoms with Crippen molar-refractivity contribution in [1.29, 1.82) is 0 Å². The van der Waals surface area contributed by atoms with E-state index in [0.717, 1.165) is 49.7 Å². The molecule has 1 aliphatic rings. The van der Waals surface area contributed by atoms with Crippen LogP contribution in [0.1, 0.15) is 40.9 Å². The Morgan fingerprint density at radius 3 is 2.96 bits per heavy atom. The van der Waals surface area contributed by atoms with Crippen LogP contribution in [-0.4, -0.2) is 45.4 Å². The van der Waals surface area contributed by atoms with Crippen LogP contribution in [0.15, 0.2) is 30.6 Å². The van der Waals surface area contributed by atoms with Crippen molar-refractivity contribution < 1.29 is 4.79 Å². The van der Waals surface area contributed by atoms with Crippen LogP contribution in [0.3, 0.4) is 0 Å². The molecule has 132 valence electrons. The highest BCUT2D eigenvalue weighted by molar-refractivity contribution is 5.93. The summed E-state index contributed by atoms with van der Waals surface area (Å²) in [6, 6.07) is 5.66. The van der Waals surface area contributed by atoms with Crippen molar-refractivity contribution in [3.8, 4) is 0 Å². The van der Waals surface area contributed by atoms with Crippen LogP contribution in [0.2, 0.25) is 0 Å². The lowest BCUT2D eigenvalue weighted by molar-refractivity contribution is 0.0947. The second kappa shape index (κ2) is 8.16. The van der Waals surface area contributed by atoms with Gasteiger partial charge >= 0.3 is 0 Å². The van der Waals surface area contributed by atoms with Gasteiger partial charge in [-0.3, -0.25) is 14.7 Å². The van der Waals surface area contributed by atoms with Crippen LogP contribution in [0.25, 0.3) is 0 Å². The highest BCUT2D eigenvalue weighted by Gasteiger charge is 2.23. The minimum Gasteiger partial charge on any atom is -0.352 e. The number of nitrogens with one attached hydrogen (secondary N) is 1. The number of aromatic nitrogens is 3. The van der Waals surface area contributed by atoms with Crippen molar-refractivity contribution in [3.63, 3.8) is 0 Å². The molecular formula is C19H25N5O. The lowest BCUT2D eigenvalue weighted by Crippen LogP contribution is -2.31. The Kier molecular flexibility index (Phi) is 5.71. The number of aryl methyl sites for hydroxylation is 2. The highest BCUT2D eigenvalue weighted by atomic mass is 16.1. The van der Waals surface area contributed by atoms with Crippen LogP contribution in [0.4, 0.5) is 0 Å². The Labute approximate surface area is 148 Å². The molecule has 0 bridgehead atoms. The first-order valence-electron chi connectivity index (χ1n) is 8.88. The van der Waals surface area contributed by atoms with E-state index in [2.05, 4.69) is 32.1 Å². The smallest absolute Gasteiger partial charge is 0.252 e. The van der Waals surface area contributed by atoms with Gasteiger partial charge in [0.05, 0.1) is 11.3 Å². The van der Waals surface area contributed by atoms with Gasteiger partial charge < -0.3 is 5.32 Å². The molecule has 1 N–H and O–H groups in total. The first kappa shape index (κ1) is 17.5. The molecule has 2 aromatic heterocycles. The third kappa shape index (κ3) is 4.82. The summed E-state index contributed by atoms with van der Waals surface area (Å²) in [6.45, 7) is 7.55. The van der Waals surface area contributed by atoms with Gasteiger partial charge in [0, 0.05) is 44.1 Å². The number of carbonyl (C=O) groups is 1. The van der Waals surface area contributed by atoms with Crippen LogP contribution in [0.5, 0.6) is 0 Å². The number of rotatable bonds is 6. The SMILES string of the molecule is CCc1nccc(CN2CC[C@H](CNC(=O)c3ccc(C)nc3)C2)n1. The molecule has 0 saturated carbocycles. The zero-order chi connectivity index (χ0) is 17.6. The Hall–Kier alpha value is -2.34. The second-order valence-corrected chi connectivity index (χ2v) is 6.61. The highest BCUT2D eigenvalue weighted by Crippen LogP contribution is 2.17. The fourth-order valence-corrected chi connectivity index (χ4v) is 3.09. The van der Waals surface area contributed by atoms with Gasteiger partial charge in [-0.15, -0.1) is 0 Å². The fourth-order valence-electron chi connectivity index (χ4n) is 3.09. The lowest BCUT2D eigenvalue weighted by atomic mass is 10.1. The molecule has 1 amide bonds. The first-order valence-corrected chi connectivity index (χ1v) is 8.88. The summed E-state index contributed by atoms with van der Waals surface area (Å²) in [5, 5.41) is 3.03. The number of pyridine rings is 1. The summed E-state index contributed by atoms with van der Waals surface area (Å²) in [7, 11) is 0. The van der Waals surface area contributed by atoms with Crippen molar-refractivity contribution in [1.82, 2.24) is 25.2 Å². The summed E-state index contributed by atoms with van der Waals surface area (Å²) in [4.78, 5) is 27.6. The van der Waals surface area contributed by atoms with Crippen molar-refractivity contribution in [2.75, 3.05) is 19.6 Å². The predicted molar refractivity (Wildman–Crippen MR) is 96.1 cm³/mol. The zero-order valence-electron chi connectivity index (χ0n) is 14.9. The van der Waals surface area contributed by atoms with E-state index >= 15 is 0 Å². The monoisotopic (exact) mass is 339 g/mol. The molecule has 6 heteroatoms. The first-order chi connectivity index (χ1) is 12.1. The Balaban J connectivity index is 1.46. The molecule has 6 nitrogen and oxygen atoms in total. The molecule has 0 aliphatic carbocycles. The van der Waals surface area contributed by atoms with Crippen LogP contribution in [-0.2, 0) is 13.0 Å². The predicted octanol–water partition coefficient (Wildman–Crippen LogP) is 1.99. The van der Waals surface area contributed by atoms with E-state index in [0.29, 0.717) is 18.0 Å². The normalized spacial score (nSPS) is 17.6. The number of hydrogen-bond acceptors (Lipinski definition) is 5. The topological polar surface area (TPSA) is 71.0 Å². The van der Waals surface area contributed by atoms with Gasteiger partial charge in [-0.05, 0) is 44.0 Å². The number of carbonyl (C=O) groups excluding carboxylic acids is 1. The zero-order valence-corrected chi connectivity index (χ0v) is 14.9. The average molecular weight is 339 g/mol. The average Bonchev–Trinajstić information content (AvgIpc) is 3.08. The number of amides is 1. The second-order valence-electron chi connectivity index (χ2n) is 6.61. The summed E-state index contributed by atoms with van der Waals surface area (Å²) in [5.41, 5.74) is 2.61. The molecule has 0 aromatic carbocycles. The molecule has 0 unspecified atom stereocenters. The molecule has 25 heavy (non-hydrogen) atoms. The summed E-state index contributed by atoms with van der Waals surface area (Å²) in [5.74, 6) is 1.33. The van der Waals surface area contributed by atoms with Crippen molar-refractivity contribution >= 4 is 5.91 Å². The Bertz CT molecular complexity index is 716. The van der Waals surface area contributed by atoms with Crippen molar-refractivity contribution in [2.45, 2.75) is 33.2 Å². The molecule has 1 saturated heterocycles. The Morgan fingerprint density at radius 1 is 1.32 bits per heavy atom. The van der Waals surface area contributed by atoms with Gasteiger partial charge in [0.1, 0.15) is 5.82 Å². The minimum atomic E-state index is -0.0469. The maximum atomic E-state index is 12.2. The van der Waals surface area contributed by atoms with Crippen molar-refractivity contribution in [2.24, 2.45) is 5.92 Å². The summed E-state index contributed by atoms with van der Waals surface area (Å²) >= 11 is 0. The third-order valence-corrected chi connectivity index (χ3v) is 4.56. The summed E-state index contributed by atoms with van der Waals surface area (Å²) < 4.78 is 0. The number of hydrogen-bond donors (Lipinski definition) is 1. The largest absolute Gasteiger partial charge is 0.352 e. The van der Waals surface area contributed by atoms with E-state index in [1.807, 2.05) is 31.3 Å². The van der Waals surface area contributed by atoms with E-state index in [1.165, 1.54) is 0 Å². The molecular weight excluding hydrogens is 314 g/mol. The van der Waals surface area contributed by atoms with Gasteiger partial charge in [-0.25, -0.2) is 9.97 Å². The number of likely N-dealkylation sites (tertiary alicyclic amines) is 1. The van der Waals surface area contributed by atoms with Gasteiger partial charge in [0.15, 0.2) is 0 Å². The summed E-state index contributed by atoms with van der Waals surface area (Å²) in [6.07, 6.45) is 5.42. The van der Waals surface area contributed by atoms with E-state index in [9.17, 15) is 4.79 Å². The van der Waals surface area contributed by atoms with Gasteiger partial charge in [-0.2, -0.15) is 0 Å². The standard InChI is InChI=1S/C19H25N5O/c1-3-18-20-8-6-17(23-18)13-24-9-7-15(12-24)10-22-19(25)16-5-4-14(2)21-11-16/h4-6,8,11,15H,3,7,9-10,12-13H2,1-2H3,(H,22,25)/t15-/m1/s1. The maximum Gasteiger partial charge on any atom is 0.252 e. The van der Waals surface area contributed by atoms with E-state index in [1.54, 1.807) is 6.20 Å². The fraction of sp³-hybridized carbons (Fsp3) is 0.474. The van der Waals surface area contributed by atoms with Gasteiger partial charge in [0.25, 0.3) is 5.91 Å². The molecule has 0 radical (unpaired) electrons. The quantitative estimate of drug-likeness (QED) is 0.871. The van der Waals surface area contributed by atoms with Gasteiger partial charge in [-0.1, -0.05) is 6.92 Å². The Morgan fingerprint density at radius 2 is 2.20 bits per heavy atom. The molecule has 2 aromatic rings. The number of nitrogens with zero attached hydrogens (tertiary/aromatic N) is 4. The molecule has 1 aliphatic heterocycles. The lowest BCUT2D eigenvalue weighted by Gasteiger charge is -2.16. The van der Waals surface area contributed by atoms with E-state index in [-0.39, 0.29) is 5.91 Å². The molecule has 1 atom stereocenters. The molecule has 0 spiro atoms.